The van der Waals surface area contributed by atoms with Gasteiger partial charge in [0.1, 0.15) is 0 Å². The van der Waals surface area contributed by atoms with Crippen molar-refractivity contribution in [2.75, 3.05) is 13.2 Å². The van der Waals surface area contributed by atoms with Gasteiger partial charge in [-0.25, -0.2) is 0 Å². The topological polar surface area (TPSA) is 144 Å². The van der Waals surface area contributed by atoms with E-state index in [1.807, 2.05) is 44.2 Å². The van der Waals surface area contributed by atoms with Crippen molar-refractivity contribution in [1.29, 1.82) is 0 Å². The van der Waals surface area contributed by atoms with Gasteiger partial charge < -0.3 is 0 Å². The molecule has 0 aromatic heterocycles. The van der Waals surface area contributed by atoms with Crippen LogP contribution in [0.2, 0.25) is 4.82 Å². The van der Waals surface area contributed by atoms with Crippen LogP contribution in [-0.2, 0) is 61.8 Å². The molecule has 0 unspecified atom stereocenters. The van der Waals surface area contributed by atoms with Crippen LogP contribution in [0.15, 0.2) is 30.3 Å². The van der Waals surface area contributed by atoms with Gasteiger partial charge in [0.05, 0.1) is 0 Å². The van der Waals surface area contributed by atoms with E-state index < -0.39 is 89.6 Å². The molecule has 1 aromatic rings. The van der Waals surface area contributed by atoms with Crippen molar-refractivity contribution in [3.8, 4) is 0 Å². The standard InChI is InChI=1S/C30H40O13Se/c1-15(31)34-13-19-21(36-16(2)32)24(37-17(3)33)26(44-18-11-9-8-10-12-18)28(39-19)35-14-20-22-23(41-29(4,5)40-22)25-27(38-20)43-30(6,7)42-25/h8-12,19-28H,13-14H2,1-7H3/t19-,20-,21+,22+,23+,24+,25-,26+,27-,28+/m1/s1. The molecule has 13 nitrogen and oxygen atoms in total. The molecule has 4 fully saturated rings. The van der Waals surface area contributed by atoms with Crippen molar-refractivity contribution >= 4 is 37.3 Å². The van der Waals surface area contributed by atoms with E-state index in [2.05, 4.69) is 0 Å². The van der Waals surface area contributed by atoms with Crippen molar-refractivity contribution in [2.24, 2.45) is 0 Å². The summed E-state index contributed by atoms with van der Waals surface area (Å²) in [4.78, 5) is 35.7. The zero-order valence-corrected chi connectivity index (χ0v) is 27.5. The summed E-state index contributed by atoms with van der Waals surface area (Å²) < 4.78 is 61.4. The molecular formula is C30H40O13Se. The number of esters is 3. The average Bonchev–Trinajstić information content (AvgIpc) is 3.42. The van der Waals surface area contributed by atoms with Gasteiger partial charge in [0.15, 0.2) is 0 Å². The second-order valence-electron chi connectivity index (χ2n) is 11.9. The molecule has 5 rings (SSSR count). The van der Waals surface area contributed by atoms with Gasteiger partial charge in [-0.2, -0.15) is 0 Å². The van der Waals surface area contributed by atoms with Crippen LogP contribution in [0.5, 0.6) is 0 Å². The van der Waals surface area contributed by atoms with Gasteiger partial charge in [-0.1, -0.05) is 0 Å². The molecule has 244 valence electrons. The van der Waals surface area contributed by atoms with Crippen molar-refractivity contribution in [3.63, 3.8) is 0 Å². The van der Waals surface area contributed by atoms with Gasteiger partial charge in [-0.3, -0.25) is 0 Å². The van der Waals surface area contributed by atoms with E-state index in [0.717, 1.165) is 4.46 Å². The Labute approximate surface area is 262 Å². The minimum atomic E-state index is -1.05. The molecule has 10 atom stereocenters. The van der Waals surface area contributed by atoms with Crippen LogP contribution in [-0.4, -0.2) is 113 Å². The number of carbonyl (C=O) groups is 3. The molecule has 4 heterocycles. The fourth-order valence-electron chi connectivity index (χ4n) is 5.80. The summed E-state index contributed by atoms with van der Waals surface area (Å²) in [6, 6.07) is 9.61. The third-order valence-corrected chi connectivity index (χ3v) is 10.1. The summed E-state index contributed by atoms with van der Waals surface area (Å²) >= 11 is -0.390. The van der Waals surface area contributed by atoms with Crippen LogP contribution in [0, 0.1) is 0 Å². The van der Waals surface area contributed by atoms with E-state index in [4.69, 9.17) is 47.4 Å². The van der Waals surface area contributed by atoms with Crippen molar-refractivity contribution in [3.05, 3.63) is 30.3 Å². The first kappa shape index (κ1) is 33.2. The van der Waals surface area contributed by atoms with Crippen molar-refractivity contribution < 1.29 is 61.8 Å². The van der Waals surface area contributed by atoms with Crippen molar-refractivity contribution in [1.82, 2.24) is 0 Å². The molecule has 0 aliphatic carbocycles. The summed E-state index contributed by atoms with van der Waals surface area (Å²) in [6.07, 6.45) is -6.85. The van der Waals surface area contributed by atoms with Gasteiger partial charge in [-0.15, -0.1) is 0 Å². The van der Waals surface area contributed by atoms with E-state index in [1.54, 1.807) is 13.8 Å². The Morgan fingerprint density at radius 3 is 2.00 bits per heavy atom. The number of fused-ring (bicyclic) bond motifs is 3. The van der Waals surface area contributed by atoms with E-state index in [0.29, 0.717) is 0 Å². The predicted molar refractivity (Wildman–Crippen MR) is 150 cm³/mol. The molecule has 0 bridgehead atoms. The van der Waals surface area contributed by atoms with Crippen LogP contribution in [0.3, 0.4) is 0 Å². The number of carbonyl (C=O) groups excluding carboxylic acids is 3. The fourth-order valence-corrected chi connectivity index (χ4v) is 8.38. The normalized spacial score (nSPS) is 37.0. The Kier molecular flexibility index (Phi) is 10.1. The Bertz CT molecular complexity index is 1190. The van der Waals surface area contributed by atoms with E-state index >= 15 is 0 Å². The molecule has 0 spiro atoms. The van der Waals surface area contributed by atoms with Gasteiger partial charge in [0.25, 0.3) is 0 Å². The van der Waals surface area contributed by atoms with Crippen LogP contribution in [0.4, 0.5) is 0 Å². The van der Waals surface area contributed by atoms with E-state index in [1.165, 1.54) is 20.8 Å². The summed E-state index contributed by atoms with van der Waals surface area (Å²) in [5, 5.41) is 0. The fraction of sp³-hybridized carbons (Fsp3) is 0.700. The van der Waals surface area contributed by atoms with E-state index in [-0.39, 0.29) is 28.2 Å². The summed E-state index contributed by atoms with van der Waals surface area (Å²) in [7, 11) is 0. The molecule has 4 aliphatic rings. The third kappa shape index (κ3) is 7.80. The number of ether oxygens (including phenoxy) is 10. The second-order valence-corrected chi connectivity index (χ2v) is 14.6. The van der Waals surface area contributed by atoms with Crippen LogP contribution in [0.1, 0.15) is 48.5 Å². The number of rotatable bonds is 9. The maximum atomic E-state index is 12.4. The molecule has 1 aromatic carbocycles. The summed E-state index contributed by atoms with van der Waals surface area (Å²) in [5.74, 6) is -3.50. The van der Waals surface area contributed by atoms with Crippen LogP contribution >= 0.6 is 0 Å². The molecular weight excluding hydrogens is 647 g/mol. The van der Waals surface area contributed by atoms with E-state index in [9.17, 15) is 14.4 Å². The monoisotopic (exact) mass is 688 g/mol. The first-order chi connectivity index (χ1) is 20.7. The molecule has 14 heteroatoms. The molecule has 0 saturated carbocycles. The third-order valence-electron chi connectivity index (χ3n) is 7.34. The first-order valence-electron chi connectivity index (χ1n) is 14.5. The predicted octanol–water partition coefficient (Wildman–Crippen LogP) is 1.37. The quantitative estimate of drug-likeness (QED) is 0.210. The number of benzene rings is 1. The Hall–Kier alpha value is -2.13. The zero-order valence-electron chi connectivity index (χ0n) is 25.8. The molecule has 0 N–H and O–H groups in total. The maximum absolute atomic E-state index is 12.4. The zero-order chi connectivity index (χ0) is 31.8. The SMILES string of the molecule is CC(=O)OC[C@H]1O[C@H](OC[C@H]2O[C@@H]3OC(C)(C)O[C@@H]3[C@H]3OC(C)(C)O[C@H]32)[C@@H]([Se]c2ccccc2)[C@@H](OC(C)=O)[C@H]1OC(C)=O. The Morgan fingerprint density at radius 1 is 0.727 bits per heavy atom. The second kappa shape index (κ2) is 13.3. The average molecular weight is 688 g/mol. The van der Waals surface area contributed by atoms with Crippen LogP contribution in [0.25, 0.3) is 0 Å². The Morgan fingerprint density at radius 2 is 1.34 bits per heavy atom. The van der Waals surface area contributed by atoms with Crippen molar-refractivity contribution in [2.45, 2.75) is 120 Å². The molecule has 0 radical (unpaired) electrons. The van der Waals surface area contributed by atoms with Gasteiger partial charge >= 0.3 is 263 Å². The molecule has 44 heavy (non-hydrogen) atoms. The molecule has 4 aliphatic heterocycles. The van der Waals surface area contributed by atoms with Gasteiger partial charge in [0, 0.05) is 0 Å². The first-order valence-corrected chi connectivity index (χ1v) is 16.4. The number of hydrogen-bond acceptors (Lipinski definition) is 13. The Balaban J connectivity index is 1.43. The van der Waals surface area contributed by atoms with Gasteiger partial charge in [-0.05, 0) is 0 Å². The molecule has 0 amide bonds. The summed E-state index contributed by atoms with van der Waals surface area (Å²) in [6.45, 7) is 10.8. The van der Waals surface area contributed by atoms with Gasteiger partial charge in [0.2, 0.25) is 0 Å². The number of hydrogen-bond donors (Lipinski definition) is 0. The van der Waals surface area contributed by atoms with Crippen LogP contribution < -0.4 is 4.46 Å². The minimum absolute atomic E-state index is 0.00897. The molecule has 4 saturated heterocycles. The summed E-state index contributed by atoms with van der Waals surface area (Å²) in [5.41, 5.74) is 0.